The molecule has 2 heterocycles. The van der Waals surface area contributed by atoms with Crippen LogP contribution < -0.4 is 16.6 Å². The van der Waals surface area contributed by atoms with E-state index >= 15 is 0 Å². The van der Waals surface area contributed by atoms with Crippen LogP contribution in [0.15, 0.2) is 23.1 Å². The van der Waals surface area contributed by atoms with Crippen molar-refractivity contribution in [3.63, 3.8) is 0 Å². The molecule has 0 spiro atoms. The monoisotopic (exact) mass is 354 g/mol. The maximum absolute atomic E-state index is 12.4. The topological polar surface area (TPSA) is 97.4 Å². The third-order valence-electron chi connectivity index (χ3n) is 4.73. The predicted molar refractivity (Wildman–Crippen MR) is 92.0 cm³/mol. The number of pyridine rings is 1. The molecule has 0 radical (unpaired) electrons. The second kappa shape index (κ2) is 7.36. The van der Waals surface area contributed by atoms with Crippen LogP contribution in [0.25, 0.3) is 0 Å². The molecule has 0 bridgehead atoms. The van der Waals surface area contributed by atoms with Gasteiger partial charge in [0.05, 0.1) is 6.54 Å². The number of rotatable bonds is 5. The van der Waals surface area contributed by atoms with Gasteiger partial charge in [-0.1, -0.05) is 0 Å². The number of carbonyl (C=O) groups excluding carboxylic acids is 2. The zero-order valence-corrected chi connectivity index (χ0v) is 14.4. The Balaban J connectivity index is 0.00000208. The van der Waals surface area contributed by atoms with Crippen molar-refractivity contribution in [2.75, 3.05) is 19.6 Å². The van der Waals surface area contributed by atoms with Gasteiger partial charge in [0.25, 0.3) is 11.5 Å². The van der Waals surface area contributed by atoms with Crippen LogP contribution in [0.5, 0.6) is 0 Å². The van der Waals surface area contributed by atoms with Gasteiger partial charge in [-0.25, -0.2) is 0 Å². The number of hydrogen-bond acceptors (Lipinski definition) is 4. The molecule has 1 aromatic heterocycles. The van der Waals surface area contributed by atoms with Crippen LogP contribution in [-0.2, 0) is 11.8 Å². The average Bonchev–Trinajstić information content (AvgIpc) is 3.25. The lowest BCUT2D eigenvalue weighted by Gasteiger charge is -2.19. The molecule has 1 saturated heterocycles. The van der Waals surface area contributed by atoms with Gasteiger partial charge < -0.3 is 15.6 Å². The summed E-state index contributed by atoms with van der Waals surface area (Å²) in [5, 5.41) is 3.04. The fraction of sp³-hybridized carbons (Fsp3) is 0.562. The van der Waals surface area contributed by atoms with Gasteiger partial charge in [-0.05, 0) is 30.7 Å². The Kier molecular flexibility index (Phi) is 5.66. The largest absolute Gasteiger partial charge is 0.369 e. The number of primary amides is 1. The quantitative estimate of drug-likeness (QED) is 0.760. The highest BCUT2D eigenvalue weighted by atomic mass is 35.5. The molecule has 24 heavy (non-hydrogen) atoms. The average molecular weight is 355 g/mol. The zero-order valence-electron chi connectivity index (χ0n) is 13.6. The molecule has 7 nitrogen and oxygen atoms in total. The molecule has 3 N–H and O–H groups in total. The first kappa shape index (κ1) is 18.5. The van der Waals surface area contributed by atoms with Crippen molar-refractivity contribution in [1.29, 1.82) is 0 Å². The number of carbonyl (C=O) groups is 2. The number of amides is 2. The summed E-state index contributed by atoms with van der Waals surface area (Å²) in [6.07, 6.45) is 3.93. The molecule has 2 fully saturated rings. The van der Waals surface area contributed by atoms with Crippen molar-refractivity contribution in [2.45, 2.75) is 18.9 Å². The number of nitrogens with two attached hydrogens (primary N) is 1. The number of aromatic nitrogens is 1. The number of likely N-dealkylation sites (tertiary alicyclic amines) is 1. The van der Waals surface area contributed by atoms with Crippen molar-refractivity contribution >= 4 is 24.2 Å². The number of halogens is 1. The third-order valence-corrected chi connectivity index (χ3v) is 4.73. The first-order chi connectivity index (χ1) is 10.9. The highest BCUT2D eigenvalue weighted by Crippen LogP contribution is 2.41. The van der Waals surface area contributed by atoms with E-state index in [9.17, 15) is 14.4 Å². The van der Waals surface area contributed by atoms with E-state index in [1.54, 1.807) is 19.3 Å². The van der Waals surface area contributed by atoms with E-state index in [0.717, 1.165) is 6.54 Å². The Hall–Kier alpha value is -1.86. The van der Waals surface area contributed by atoms with Crippen LogP contribution in [-0.4, -0.2) is 47.0 Å². The Labute approximate surface area is 146 Å². The molecule has 3 rings (SSSR count). The highest BCUT2D eigenvalue weighted by molar-refractivity contribution is 5.94. The van der Waals surface area contributed by atoms with E-state index in [1.165, 1.54) is 23.5 Å². The van der Waals surface area contributed by atoms with Crippen LogP contribution in [0.1, 0.15) is 23.2 Å². The fourth-order valence-corrected chi connectivity index (χ4v) is 3.36. The first-order valence-corrected chi connectivity index (χ1v) is 7.92. The summed E-state index contributed by atoms with van der Waals surface area (Å²) in [6.45, 7) is 1.64. The Morgan fingerprint density at radius 2 is 2.04 bits per heavy atom. The normalized spacial score (nSPS) is 23.5. The summed E-state index contributed by atoms with van der Waals surface area (Å²) >= 11 is 0. The Morgan fingerprint density at radius 3 is 2.62 bits per heavy atom. The smallest absolute Gasteiger partial charge is 0.251 e. The van der Waals surface area contributed by atoms with Gasteiger partial charge in [0, 0.05) is 44.0 Å². The summed E-state index contributed by atoms with van der Waals surface area (Å²) in [7, 11) is 1.64. The number of aryl methyl sites for hydroxylation is 1. The Morgan fingerprint density at radius 1 is 1.33 bits per heavy atom. The van der Waals surface area contributed by atoms with Crippen molar-refractivity contribution in [1.82, 2.24) is 14.8 Å². The lowest BCUT2D eigenvalue weighted by atomic mass is 9.98. The molecule has 2 atom stereocenters. The summed E-state index contributed by atoms with van der Waals surface area (Å²) in [4.78, 5) is 37.2. The van der Waals surface area contributed by atoms with E-state index in [-0.39, 0.29) is 42.4 Å². The van der Waals surface area contributed by atoms with E-state index in [4.69, 9.17) is 5.73 Å². The molecular weight excluding hydrogens is 332 g/mol. The van der Waals surface area contributed by atoms with E-state index in [1.807, 2.05) is 4.90 Å². The molecule has 132 valence electrons. The van der Waals surface area contributed by atoms with Crippen molar-refractivity contribution < 1.29 is 9.59 Å². The van der Waals surface area contributed by atoms with Gasteiger partial charge in [-0.2, -0.15) is 0 Å². The molecule has 8 heteroatoms. The van der Waals surface area contributed by atoms with Gasteiger partial charge in [0.2, 0.25) is 5.91 Å². The van der Waals surface area contributed by atoms with E-state index < -0.39 is 0 Å². The van der Waals surface area contributed by atoms with Crippen molar-refractivity contribution in [3.05, 3.63) is 34.2 Å². The van der Waals surface area contributed by atoms with Gasteiger partial charge >= 0.3 is 0 Å². The number of nitrogens with one attached hydrogen (secondary N) is 1. The van der Waals surface area contributed by atoms with Crippen LogP contribution in [0.4, 0.5) is 0 Å². The lowest BCUT2D eigenvalue weighted by Crippen LogP contribution is -2.42. The molecule has 1 aromatic rings. The Bertz CT molecular complexity index is 686. The van der Waals surface area contributed by atoms with Crippen LogP contribution in [0, 0.1) is 11.8 Å². The molecule has 0 unspecified atom stereocenters. The summed E-state index contributed by atoms with van der Waals surface area (Å²) < 4.78 is 1.42. The minimum atomic E-state index is -0.349. The molecule has 1 saturated carbocycles. The second-order valence-electron chi connectivity index (χ2n) is 6.61. The fourth-order valence-electron chi connectivity index (χ4n) is 3.36. The minimum Gasteiger partial charge on any atom is -0.369 e. The molecule has 1 aliphatic carbocycles. The van der Waals surface area contributed by atoms with E-state index in [0.29, 0.717) is 23.9 Å². The maximum atomic E-state index is 12.4. The molecule has 1 aliphatic heterocycles. The maximum Gasteiger partial charge on any atom is 0.251 e. The molecule has 2 amide bonds. The zero-order chi connectivity index (χ0) is 16.6. The summed E-state index contributed by atoms with van der Waals surface area (Å²) in [5.74, 6) is 0.379. The van der Waals surface area contributed by atoms with Gasteiger partial charge in [0.1, 0.15) is 0 Å². The SMILES string of the molecule is Cl.Cn1ccc(C(=O)N[C@H]2CN(CC(N)=O)C[C@@H]2C2CC2)cc1=O. The second-order valence-corrected chi connectivity index (χ2v) is 6.61. The first-order valence-electron chi connectivity index (χ1n) is 7.92. The lowest BCUT2D eigenvalue weighted by molar-refractivity contribution is -0.118. The van der Waals surface area contributed by atoms with Gasteiger partial charge in [0.15, 0.2) is 0 Å². The van der Waals surface area contributed by atoms with Crippen LogP contribution >= 0.6 is 12.4 Å². The number of nitrogens with zero attached hydrogens (tertiary/aromatic N) is 2. The van der Waals surface area contributed by atoms with Crippen molar-refractivity contribution in [3.8, 4) is 0 Å². The van der Waals surface area contributed by atoms with Crippen LogP contribution in [0.2, 0.25) is 0 Å². The molecular formula is C16H23ClN4O3. The summed E-state index contributed by atoms with van der Waals surface area (Å²) in [5.41, 5.74) is 5.43. The standard InChI is InChI=1S/C16H22N4O3.ClH/c1-19-5-4-11(6-15(19)22)16(23)18-13-8-20(9-14(17)21)7-12(13)10-2-3-10;/h4-6,10,12-13H,2-3,7-9H2,1H3,(H2,17,21)(H,18,23);1H/t12-,13+;/m1./s1. The molecule has 2 aliphatic rings. The van der Waals surface area contributed by atoms with E-state index in [2.05, 4.69) is 5.32 Å². The predicted octanol–water partition coefficient (Wildman–Crippen LogP) is -0.267. The van der Waals surface area contributed by atoms with Gasteiger partial charge in [-0.3, -0.25) is 19.3 Å². The summed E-state index contributed by atoms with van der Waals surface area (Å²) in [6, 6.07) is 2.98. The van der Waals surface area contributed by atoms with Crippen molar-refractivity contribution in [2.24, 2.45) is 24.6 Å². The molecule has 0 aromatic carbocycles. The van der Waals surface area contributed by atoms with Crippen LogP contribution in [0.3, 0.4) is 0 Å². The highest BCUT2D eigenvalue weighted by Gasteiger charge is 2.43. The number of hydrogen-bond donors (Lipinski definition) is 2. The van der Waals surface area contributed by atoms with Gasteiger partial charge in [-0.15, -0.1) is 12.4 Å². The third kappa shape index (κ3) is 4.15. The minimum absolute atomic E-state index is 0.